The van der Waals surface area contributed by atoms with E-state index in [1.807, 2.05) is 36.7 Å². The fraction of sp³-hybridized carbons (Fsp3) is 0.135. The minimum absolute atomic E-state index is 0.0300. The third kappa shape index (κ3) is 4.15. The summed E-state index contributed by atoms with van der Waals surface area (Å²) >= 11 is 0. The van der Waals surface area contributed by atoms with E-state index in [0.29, 0.717) is 11.7 Å². The molecule has 0 bridgehead atoms. The number of pyridine rings is 2. The molecule has 0 saturated heterocycles. The van der Waals surface area contributed by atoms with Gasteiger partial charge >= 0.3 is 0 Å². The summed E-state index contributed by atoms with van der Waals surface area (Å²) in [6.07, 6.45) is 5.42. The standard InChI is InChI=1S/C37H30N2O2/c1-36(2,3)26-18-20-38-33(23-26)25-21-35(40-24-25)41-28-12-10-11-27(22-28)37(34-17-8-9-19-39-34)31-15-6-4-13-29(31)30-14-5-7-16-32(30)37/h4-24H,1-3H3. The van der Waals surface area contributed by atoms with E-state index >= 15 is 0 Å². The topological polar surface area (TPSA) is 48.2 Å². The Morgan fingerprint density at radius 1 is 0.683 bits per heavy atom. The molecule has 0 N–H and O–H groups in total. The fourth-order valence-electron chi connectivity index (χ4n) is 6.02. The molecule has 7 rings (SSSR count). The normalized spacial score (nSPS) is 13.4. The van der Waals surface area contributed by atoms with Gasteiger partial charge in [-0.2, -0.15) is 0 Å². The quantitative estimate of drug-likeness (QED) is 0.221. The zero-order valence-electron chi connectivity index (χ0n) is 23.3. The first-order valence-corrected chi connectivity index (χ1v) is 13.9. The Bertz CT molecular complexity index is 1820. The molecule has 0 atom stereocenters. The molecular weight excluding hydrogens is 504 g/mol. The van der Waals surface area contributed by atoms with Crippen LogP contribution in [0.2, 0.25) is 0 Å². The van der Waals surface area contributed by atoms with Crippen LogP contribution >= 0.6 is 0 Å². The first-order chi connectivity index (χ1) is 19.9. The molecule has 3 aromatic carbocycles. The van der Waals surface area contributed by atoms with Gasteiger partial charge in [0, 0.05) is 24.0 Å². The lowest BCUT2D eigenvalue weighted by atomic mass is 9.70. The van der Waals surface area contributed by atoms with Gasteiger partial charge in [0.15, 0.2) is 0 Å². The molecule has 3 aromatic heterocycles. The molecule has 1 aliphatic rings. The average molecular weight is 535 g/mol. The van der Waals surface area contributed by atoms with E-state index < -0.39 is 5.41 Å². The Morgan fingerprint density at radius 3 is 2.12 bits per heavy atom. The number of fused-ring (bicyclic) bond motifs is 3. The lowest BCUT2D eigenvalue weighted by molar-refractivity contribution is 0.346. The second-order valence-electron chi connectivity index (χ2n) is 11.5. The predicted octanol–water partition coefficient (Wildman–Crippen LogP) is 9.19. The van der Waals surface area contributed by atoms with E-state index in [4.69, 9.17) is 14.1 Å². The summed E-state index contributed by atoms with van der Waals surface area (Å²) in [5.41, 5.74) is 9.32. The van der Waals surface area contributed by atoms with Crippen LogP contribution in [-0.2, 0) is 10.8 Å². The van der Waals surface area contributed by atoms with Gasteiger partial charge < -0.3 is 9.15 Å². The second kappa shape index (κ2) is 9.60. The van der Waals surface area contributed by atoms with Crippen molar-refractivity contribution in [3.05, 3.63) is 156 Å². The van der Waals surface area contributed by atoms with E-state index in [-0.39, 0.29) is 5.41 Å². The minimum atomic E-state index is -0.584. The summed E-state index contributed by atoms with van der Waals surface area (Å²) in [5.74, 6) is 1.11. The largest absolute Gasteiger partial charge is 0.433 e. The molecule has 0 spiro atoms. The van der Waals surface area contributed by atoms with E-state index in [0.717, 1.165) is 22.5 Å². The molecule has 0 amide bonds. The molecule has 0 aliphatic heterocycles. The van der Waals surface area contributed by atoms with Crippen molar-refractivity contribution in [1.82, 2.24) is 9.97 Å². The molecule has 1 aliphatic carbocycles. The summed E-state index contributed by atoms with van der Waals surface area (Å²) in [4.78, 5) is 9.49. The van der Waals surface area contributed by atoms with Crippen molar-refractivity contribution in [3.8, 4) is 34.1 Å². The summed E-state index contributed by atoms with van der Waals surface area (Å²) in [6, 6.07) is 37.7. The first-order valence-electron chi connectivity index (χ1n) is 13.9. The second-order valence-corrected chi connectivity index (χ2v) is 11.5. The highest BCUT2D eigenvalue weighted by molar-refractivity contribution is 5.85. The van der Waals surface area contributed by atoms with Crippen molar-refractivity contribution in [2.45, 2.75) is 31.6 Å². The van der Waals surface area contributed by atoms with Gasteiger partial charge in [0.05, 0.1) is 16.8 Å². The molecular formula is C37H30N2O2. The SMILES string of the molecule is CC(C)(C)c1ccnc(-c2coc(Oc3cccc(C4(c5ccccn5)c5ccccc5-c5ccccc54)c3)c2)c1. The third-order valence-corrected chi connectivity index (χ3v) is 7.98. The Morgan fingerprint density at radius 2 is 1.41 bits per heavy atom. The van der Waals surface area contributed by atoms with Gasteiger partial charge in [0.2, 0.25) is 0 Å². The highest BCUT2D eigenvalue weighted by Crippen LogP contribution is 2.55. The summed E-state index contributed by atoms with van der Waals surface area (Å²) < 4.78 is 12.2. The Hall–Kier alpha value is -4.96. The van der Waals surface area contributed by atoms with Crippen molar-refractivity contribution < 1.29 is 9.15 Å². The van der Waals surface area contributed by atoms with Crippen LogP contribution in [0.4, 0.5) is 0 Å². The van der Waals surface area contributed by atoms with Crippen molar-refractivity contribution >= 4 is 0 Å². The number of aromatic nitrogens is 2. The Balaban J connectivity index is 1.31. The zero-order valence-corrected chi connectivity index (χ0v) is 23.3. The number of nitrogens with zero attached hydrogens (tertiary/aromatic N) is 2. The smallest absolute Gasteiger partial charge is 0.290 e. The van der Waals surface area contributed by atoms with Gasteiger partial charge in [-0.05, 0) is 75.2 Å². The molecule has 0 fully saturated rings. The molecule has 0 saturated carbocycles. The minimum Gasteiger partial charge on any atom is -0.433 e. The monoisotopic (exact) mass is 534 g/mol. The lowest BCUT2D eigenvalue weighted by Crippen LogP contribution is -2.29. The molecule has 0 unspecified atom stereocenters. The predicted molar refractivity (Wildman–Crippen MR) is 162 cm³/mol. The van der Waals surface area contributed by atoms with Gasteiger partial charge in [-0.3, -0.25) is 9.97 Å². The zero-order chi connectivity index (χ0) is 28.0. The van der Waals surface area contributed by atoms with Crippen molar-refractivity contribution in [1.29, 1.82) is 0 Å². The van der Waals surface area contributed by atoms with Gasteiger partial charge in [0.1, 0.15) is 12.0 Å². The summed E-state index contributed by atoms with van der Waals surface area (Å²) in [5, 5.41) is 0. The van der Waals surface area contributed by atoms with Gasteiger partial charge in [0.25, 0.3) is 5.95 Å². The molecule has 41 heavy (non-hydrogen) atoms. The van der Waals surface area contributed by atoms with Crippen molar-refractivity contribution in [2.24, 2.45) is 0 Å². The van der Waals surface area contributed by atoms with Crippen LogP contribution in [0, 0.1) is 0 Å². The number of ether oxygens (including phenoxy) is 1. The maximum Gasteiger partial charge on any atom is 0.290 e. The molecule has 4 heteroatoms. The van der Waals surface area contributed by atoms with E-state index in [9.17, 15) is 0 Å². The van der Waals surface area contributed by atoms with Crippen LogP contribution in [0.15, 0.2) is 132 Å². The van der Waals surface area contributed by atoms with Gasteiger partial charge in [-0.25, -0.2) is 0 Å². The van der Waals surface area contributed by atoms with E-state index in [1.165, 1.54) is 27.8 Å². The Labute approximate surface area is 240 Å². The van der Waals surface area contributed by atoms with Gasteiger partial charge in [-0.1, -0.05) is 87.5 Å². The average Bonchev–Trinajstić information content (AvgIpc) is 3.59. The number of rotatable bonds is 5. The van der Waals surface area contributed by atoms with Crippen LogP contribution in [0.3, 0.4) is 0 Å². The number of hydrogen-bond acceptors (Lipinski definition) is 4. The van der Waals surface area contributed by atoms with Crippen molar-refractivity contribution in [3.63, 3.8) is 0 Å². The maximum absolute atomic E-state index is 6.32. The molecule has 200 valence electrons. The van der Waals surface area contributed by atoms with Crippen LogP contribution in [0.1, 0.15) is 48.7 Å². The van der Waals surface area contributed by atoms with Crippen molar-refractivity contribution in [2.75, 3.05) is 0 Å². The van der Waals surface area contributed by atoms with Crippen LogP contribution in [-0.4, -0.2) is 9.97 Å². The Kier molecular flexibility index (Phi) is 5.86. The highest BCUT2D eigenvalue weighted by Gasteiger charge is 2.47. The summed E-state index contributed by atoms with van der Waals surface area (Å²) in [7, 11) is 0. The van der Waals surface area contributed by atoms with Crippen LogP contribution < -0.4 is 4.74 Å². The van der Waals surface area contributed by atoms with Gasteiger partial charge in [-0.15, -0.1) is 0 Å². The molecule has 3 heterocycles. The third-order valence-electron chi connectivity index (χ3n) is 7.98. The lowest BCUT2D eigenvalue weighted by Gasteiger charge is -2.32. The van der Waals surface area contributed by atoms with Crippen LogP contribution in [0.25, 0.3) is 22.4 Å². The van der Waals surface area contributed by atoms with E-state index in [1.54, 1.807) is 6.26 Å². The molecule has 6 aromatic rings. The number of furan rings is 1. The highest BCUT2D eigenvalue weighted by atomic mass is 16.6. The van der Waals surface area contributed by atoms with Crippen LogP contribution in [0.5, 0.6) is 11.7 Å². The van der Waals surface area contributed by atoms with E-state index in [2.05, 4.69) is 111 Å². The first kappa shape index (κ1) is 25.0. The number of benzene rings is 3. The summed E-state index contributed by atoms with van der Waals surface area (Å²) in [6.45, 7) is 6.59. The molecule has 4 nitrogen and oxygen atoms in total. The number of hydrogen-bond donors (Lipinski definition) is 0. The molecule has 0 radical (unpaired) electrons. The maximum atomic E-state index is 6.32. The fourth-order valence-corrected chi connectivity index (χ4v) is 6.02.